The van der Waals surface area contributed by atoms with Crippen LogP contribution in [0, 0.1) is 0 Å². The summed E-state index contributed by atoms with van der Waals surface area (Å²) in [6.45, 7) is 6.73. The molecule has 0 saturated carbocycles. The second-order valence-corrected chi connectivity index (χ2v) is 10.9. The lowest BCUT2D eigenvalue weighted by atomic mass is 9.86. The molecular formula is C22H32N2O4S. The molecule has 1 atom stereocenters. The average molecular weight is 421 g/mol. The highest BCUT2D eigenvalue weighted by atomic mass is 32.2. The Balaban J connectivity index is 1.74. The third kappa shape index (κ3) is 5.32. The number of hydrogen-bond donors (Lipinski definition) is 1. The van der Waals surface area contributed by atoms with Gasteiger partial charge in [-0.2, -0.15) is 0 Å². The van der Waals surface area contributed by atoms with Crippen molar-refractivity contribution in [2.45, 2.75) is 64.4 Å². The maximum atomic E-state index is 12.7. The van der Waals surface area contributed by atoms with Gasteiger partial charge in [0, 0.05) is 6.54 Å². The zero-order valence-corrected chi connectivity index (χ0v) is 18.6. The molecule has 0 bridgehead atoms. The fourth-order valence-electron chi connectivity index (χ4n) is 3.76. The lowest BCUT2D eigenvalue weighted by Gasteiger charge is -2.35. The molecule has 1 N–H and O–H groups in total. The van der Waals surface area contributed by atoms with Crippen molar-refractivity contribution >= 4 is 21.6 Å². The first-order valence-corrected chi connectivity index (χ1v) is 12.1. The Morgan fingerprint density at radius 3 is 2.66 bits per heavy atom. The van der Waals surface area contributed by atoms with Crippen LogP contribution < -0.4 is 14.4 Å². The molecule has 1 heterocycles. The molecule has 0 saturated heterocycles. The van der Waals surface area contributed by atoms with Crippen LogP contribution in [0.15, 0.2) is 29.8 Å². The van der Waals surface area contributed by atoms with E-state index >= 15 is 0 Å². The van der Waals surface area contributed by atoms with Gasteiger partial charge in [-0.25, -0.2) is 8.42 Å². The Bertz CT molecular complexity index is 900. The Labute approximate surface area is 174 Å². The van der Waals surface area contributed by atoms with Crippen molar-refractivity contribution in [3.63, 3.8) is 0 Å². The van der Waals surface area contributed by atoms with Crippen molar-refractivity contribution in [3.05, 3.63) is 35.4 Å². The largest absolute Gasteiger partial charge is 0.476 e. The van der Waals surface area contributed by atoms with Gasteiger partial charge in [0.15, 0.2) is 6.10 Å². The fourth-order valence-corrected chi connectivity index (χ4v) is 4.67. The van der Waals surface area contributed by atoms with E-state index in [0.29, 0.717) is 18.0 Å². The van der Waals surface area contributed by atoms with Crippen LogP contribution in [0.2, 0.25) is 0 Å². The number of ether oxygens (including phenoxy) is 1. The number of allylic oxidation sites excluding steroid dienone is 1. The smallest absolute Gasteiger partial charge is 0.263 e. The Morgan fingerprint density at radius 1 is 1.28 bits per heavy atom. The van der Waals surface area contributed by atoms with E-state index in [2.05, 4.69) is 32.2 Å². The molecule has 1 aliphatic heterocycles. The number of anilines is 1. The third-order valence-electron chi connectivity index (χ3n) is 5.52. The number of benzene rings is 1. The van der Waals surface area contributed by atoms with E-state index in [9.17, 15) is 13.2 Å². The van der Waals surface area contributed by atoms with Crippen LogP contribution in [0.4, 0.5) is 5.69 Å². The Morgan fingerprint density at radius 2 is 2.03 bits per heavy atom. The number of rotatable bonds is 5. The summed E-state index contributed by atoms with van der Waals surface area (Å²) < 4.78 is 32.0. The first kappa shape index (κ1) is 21.7. The van der Waals surface area contributed by atoms with Gasteiger partial charge in [0.25, 0.3) is 5.91 Å². The van der Waals surface area contributed by atoms with E-state index in [4.69, 9.17) is 4.74 Å². The van der Waals surface area contributed by atoms with Crippen LogP contribution >= 0.6 is 0 Å². The minimum Gasteiger partial charge on any atom is -0.476 e. The number of nitrogens with one attached hydrogen (secondary N) is 1. The van der Waals surface area contributed by atoms with Gasteiger partial charge in [-0.15, -0.1) is 0 Å². The number of hydrogen-bond acceptors (Lipinski definition) is 4. The van der Waals surface area contributed by atoms with Gasteiger partial charge in [-0.1, -0.05) is 38.5 Å². The summed E-state index contributed by atoms with van der Waals surface area (Å²) in [6.07, 6.45) is 8.06. The van der Waals surface area contributed by atoms with E-state index in [-0.39, 0.29) is 17.9 Å². The predicted molar refractivity (Wildman–Crippen MR) is 116 cm³/mol. The molecule has 6 nitrogen and oxygen atoms in total. The highest BCUT2D eigenvalue weighted by molar-refractivity contribution is 7.92. The minimum absolute atomic E-state index is 0.0199. The molecule has 3 rings (SSSR count). The van der Waals surface area contributed by atoms with E-state index < -0.39 is 16.1 Å². The third-order valence-corrected chi connectivity index (χ3v) is 6.66. The van der Waals surface area contributed by atoms with E-state index in [1.54, 1.807) is 6.07 Å². The molecule has 0 aromatic heterocycles. The number of carbonyl (C=O) groups excluding carboxylic acids is 1. The molecule has 1 unspecified atom stereocenters. The van der Waals surface area contributed by atoms with Gasteiger partial charge in [0.1, 0.15) is 5.75 Å². The van der Waals surface area contributed by atoms with Crippen molar-refractivity contribution in [2.24, 2.45) is 0 Å². The summed E-state index contributed by atoms with van der Waals surface area (Å²) >= 11 is 0. The SMILES string of the molecule is CC(C)(C)c1ccc2c(c1)N(S(C)(=O)=O)CC(C(=O)NCCC1=CCCCC1)O2. The molecule has 29 heavy (non-hydrogen) atoms. The zero-order valence-electron chi connectivity index (χ0n) is 17.8. The summed E-state index contributed by atoms with van der Waals surface area (Å²) in [4.78, 5) is 12.7. The van der Waals surface area contributed by atoms with E-state index in [1.165, 1.54) is 22.7 Å². The summed E-state index contributed by atoms with van der Waals surface area (Å²) in [5.74, 6) is 0.144. The topological polar surface area (TPSA) is 75.7 Å². The lowest BCUT2D eigenvalue weighted by Crippen LogP contribution is -2.50. The number of sulfonamides is 1. The van der Waals surface area contributed by atoms with Crippen molar-refractivity contribution in [2.75, 3.05) is 23.7 Å². The van der Waals surface area contributed by atoms with Crippen LogP contribution in [0.25, 0.3) is 0 Å². The van der Waals surface area contributed by atoms with Gasteiger partial charge in [0.2, 0.25) is 10.0 Å². The maximum Gasteiger partial charge on any atom is 0.263 e. The second-order valence-electron chi connectivity index (χ2n) is 8.98. The van der Waals surface area contributed by atoms with Crippen molar-refractivity contribution in [1.29, 1.82) is 0 Å². The monoisotopic (exact) mass is 420 g/mol. The normalized spacial score (nSPS) is 19.8. The Hall–Kier alpha value is -2.02. The summed E-state index contributed by atoms with van der Waals surface area (Å²) in [5, 5.41) is 2.91. The molecule has 0 spiro atoms. The van der Waals surface area contributed by atoms with Crippen LogP contribution in [-0.2, 0) is 20.2 Å². The molecule has 2 aliphatic rings. The van der Waals surface area contributed by atoms with Crippen molar-refractivity contribution in [1.82, 2.24) is 5.32 Å². The van der Waals surface area contributed by atoms with Gasteiger partial charge in [-0.05, 0) is 55.2 Å². The standard InChI is InChI=1S/C22H32N2O4S/c1-22(2,3)17-10-11-19-18(14-17)24(29(4,26)27)15-20(28-19)21(25)23-13-12-16-8-6-5-7-9-16/h8,10-11,14,20H,5-7,9,12-13,15H2,1-4H3,(H,23,25). The summed E-state index contributed by atoms with van der Waals surface area (Å²) in [5.41, 5.74) is 2.77. The van der Waals surface area contributed by atoms with Crippen molar-refractivity contribution < 1.29 is 17.9 Å². The lowest BCUT2D eigenvalue weighted by molar-refractivity contribution is -0.127. The molecular weight excluding hydrogens is 388 g/mol. The zero-order chi connectivity index (χ0) is 21.2. The minimum atomic E-state index is -3.54. The first-order chi connectivity index (χ1) is 13.6. The van der Waals surface area contributed by atoms with Crippen LogP contribution in [-0.4, -0.2) is 39.8 Å². The Kier molecular flexibility index (Phi) is 6.27. The predicted octanol–water partition coefficient (Wildman–Crippen LogP) is 3.52. The van der Waals surface area contributed by atoms with Gasteiger partial charge in [0.05, 0.1) is 18.5 Å². The van der Waals surface area contributed by atoms with Crippen LogP contribution in [0.3, 0.4) is 0 Å². The van der Waals surface area contributed by atoms with Crippen molar-refractivity contribution in [3.8, 4) is 5.75 Å². The average Bonchev–Trinajstić information content (AvgIpc) is 2.66. The molecule has 160 valence electrons. The molecule has 7 heteroatoms. The molecule has 0 fully saturated rings. The first-order valence-electron chi connectivity index (χ1n) is 10.3. The van der Waals surface area contributed by atoms with Gasteiger partial charge < -0.3 is 10.1 Å². The number of fused-ring (bicyclic) bond motifs is 1. The summed E-state index contributed by atoms with van der Waals surface area (Å²) in [6, 6.07) is 5.54. The highest BCUT2D eigenvalue weighted by Crippen LogP contribution is 2.38. The number of carbonyl (C=O) groups is 1. The van der Waals surface area contributed by atoms with E-state index in [0.717, 1.165) is 31.1 Å². The molecule has 1 aliphatic carbocycles. The molecule has 1 amide bonds. The molecule has 0 radical (unpaired) electrons. The van der Waals surface area contributed by atoms with E-state index in [1.807, 2.05) is 12.1 Å². The van der Waals surface area contributed by atoms with Crippen LogP contribution in [0.5, 0.6) is 5.75 Å². The fraction of sp³-hybridized carbons (Fsp3) is 0.591. The van der Waals surface area contributed by atoms with Gasteiger partial charge >= 0.3 is 0 Å². The van der Waals surface area contributed by atoms with Crippen LogP contribution in [0.1, 0.15) is 58.4 Å². The quantitative estimate of drug-likeness (QED) is 0.740. The second kappa shape index (κ2) is 8.38. The summed E-state index contributed by atoms with van der Waals surface area (Å²) in [7, 11) is -3.54. The molecule has 1 aromatic rings. The number of nitrogens with zero attached hydrogens (tertiary/aromatic N) is 1. The highest BCUT2D eigenvalue weighted by Gasteiger charge is 2.35. The maximum absolute atomic E-state index is 12.7. The molecule has 1 aromatic carbocycles. The number of amides is 1. The van der Waals surface area contributed by atoms with Gasteiger partial charge in [-0.3, -0.25) is 9.10 Å².